The zero-order valence-corrected chi connectivity index (χ0v) is 9.73. The first-order valence-corrected chi connectivity index (χ1v) is 5.72. The molecule has 3 nitrogen and oxygen atoms in total. The Morgan fingerprint density at radius 1 is 1.53 bits per heavy atom. The Bertz CT molecular complexity index is 411. The van der Waals surface area contributed by atoms with Crippen LogP contribution in [0.5, 0.6) is 0 Å². The molecule has 5 heteroatoms. The molecule has 0 amide bonds. The molecule has 80 valence electrons. The molecule has 1 atom stereocenters. The lowest BCUT2D eigenvalue weighted by atomic mass is 10.1. The molecule has 0 aliphatic heterocycles. The van der Waals surface area contributed by atoms with Crippen LogP contribution >= 0.6 is 22.9 Å². The van der Waals surface area contributed by atoms with Crippen molar-refractivity contribution in [3.05, 3.63) is 45.0 Å². The van der Waals surface area contributed by atoms with E-state index in [0.29, 0.717) is 0 Å². The van der Waals surface area contributed by atoms with Gasteiger partial charge in [-0.3, -0.25) is 5.84 Å². The fraction of sp³-hybridized carbons (Fsp3) is 0.200. The van der Waals surface area contributed by atoms with E-state index in [9.17, 15) is 0 Å². The van der Waals surface area contributed by atoms with Crippen LogP contribution in [0.1, 0.15) is 22.2 Å². The van der Waals surface area contributed by atoms with Crippen LogP contribution in [0.3, 0.4) is 0 Å². The number of hydrogen-bond acceptors (Lipinski definition) is 4. The molecule has 3 N–H and O–H groups in total. The topological polar surface area (TPSA) is 51.2 Å². The third-order valence-electron chi connectivity index (χ3n) is 2.28. The van der Waals surface area contributed by atoms with Crippen LogP contribution in [0.2, 0.25) is 5.02 Å². The van der Waals surface area contributed by atoms with Gasteiger partial charge in [0, 0.05) is 10.4 Å². The molecule has 0 fully saturated rings. The molecule has 0 radical (unpaired) electrons. The summed E-state index contributed by atoms with van der Waals surface area (Å²) in [6.45, 7) is 1.90. The number of hydrogen-bond donors (Lipinski definition) is 2. The van der Waals surface area contributed by atoms with Crippen molar-refractivity contribution in [3.8, 4) is 0 Å². The number of aryl methyl sites for hydroxylation is 1. The number of hydrazine groups is 1. The van der Waals surface area contributed by atoms with Gasteiger partial charge in [-0.1, -0.05) is 11.6 Å². The monoisotopic (exact) mass is 242 g/mol. The van der Waals surface area contributed by atoms with E-state index in [2.05, 4.69) is 5.43 Å². The Morgan fingerprint density at radius 2 is 2.33 bits per heavy atom. The molecule has 0 saturated heterocycles. The predicted molar refractivity (Wildman–Crippen MR) is 61.9 cm³/mol. The second kappa shape index (κ2) is 4.37. The van der Waals surface area contributed by atoms with Gasteiger partial charge in [0.2, 0.25) is 0 Å². The summed E-state index contributed by atoms with van der Waals surface area (Å²) >= 11 is 7.64. The van der Waals surface area contributed by atoms with Crippen molar-refractivity contribution in [3.63, 3.8) is 0 Å². The van der Waals surface area contributed by atoms with Crippen LogP contribution in [0.15, 0.2) is 28.2 Å². The van der Waals surface area contributed by atoms with Gasteiger partial charge in [-0.25, -0.2) is 5.43 Å². The Balaban J connectivity index is 2.41. The fourth-order valence-electron chi connectivity index (χ4n) is 1.51. The summed E-state index contributed by atoms with van der Waals surface area (Å²) in [5.74, 6) is 6.40. The third-order valence-corrected chi connectivity index (χ3v) is 3.71. The summed E-state index contributed by atoms with van der Waals surface area (Å²) < 4.78 is 5.25. The van der Waals surface area contributed by atoms with E-state index in [0.717, 1.165) is 21.2 Å². The number of furan rings is 1. The van der Waals surface area contributed by atoms with E-state index < -0.39 is 0 Å². The van der Waals surface area contributed by atoms with Crippen LogP contribution < -0.4 is 11.3 Å². The largest absolute Gasteiger partial charge is 0.469 e. The first-order chi connectivity index (χ1) is 7.24. The second-order valence-corrected chi connectivity index (χ2v) is 4.52. The molecule has 0 aliphatic carbocycles. The minimum Gasteiger partial charge on any atom is -0.469 e. The molecule has 1 unspecified atom stereocenters. The van der Waals surface area contributed by atoms with Crippen molar-refractivity contribution in [2.45, 2.75) is 13.0 Å². The van der Waals surface area contributed by atoms with Crippen molar-refractivity contribution < 1.29 is 4.42 Å². The summed E-state index contributed by atoms with van der Waals surface area (Å²) in [6.07, 6.45) is 1.65. The van der Waals surface area contributed by atoms with E-state index in [1.165, 1.54) is 0 Å². The average Bonchev–Trinajstić information content (AvgIpc) is 2.80. The fourth-order valence-corrected chi connectivity index (χ4v) is 2.76. The molecular weight excluding hydrogens is 232 g/mol. The maximum atomic E-state index is 6.07. The van der Waals surface area contributed by atoms with Crippen LogP contribution in [0, 0.1) is 6.92 Å². The molecule has 0 aliphatic rings. The first kappa shape index (κ1) is 10.7. The van der Waals surface area contributed by atoms with Gasteiger partial charge in [0.1, 0.15) is 5.76 Å². The van der Waals surface area contributed by atoms with Gasteiger partial charge in [0.15, 0.2) is 0 Å². The second-order valence-electron chi connectivity index (χ2n) is 3.16. The molecule has 2 aromatic heterocycles. The molecule has 0 spiro atoms. The quantitative estimate of drug-likeness (QED) is 0.643. The molecule has 2 rings (SSSR count). The molecule has 0 bridgehead atoms. The van der Waals surface area contributed by atoms with Crippen molar-refractivity contribution in [2.24, 2.45) is 5.84 Å². The van der Waals surface area contributed by atoms with E-state index in [4.69, 9.17) is 21.9 Å². The zero-order chi connectivity index (χ0) is 10.8. The number of thiophene rings is 1. The highest BCUT2D eigenvalue weighted by Crippen LogP contribution is 2.33. The van der Waals surface area contributed by atoms with Gasteiger partial charge in [0.05, 0.1) is 17.3 Å². The summed E-state index contributed by atoms with van der Waals surface area (Å²) in [5.41, 5.74) is 3.77. The van der Waals surface area contributed by atoms with E-state index in [1.807, 2.05) is 24.4 Å². The minimum atomic E-state index is -0.101. The van der Waals surface area contributed by atoms with E-state index in [1.54, 1.807) is 17.6 Å². The standard InChI is InChI=1S/C10H11ClN2OS/c1-6-7(2-4-14-6)9(13-12)10-8(11)3-5-15-10/h2-5,9,13H,12H2,1H3. The van der Waals surface area contributed by atoms with E-state index in [-0.39, 0.29) is 6.04 Å². The summed E-state index contributed by atoms with van der Waals surface area (Å²) in [6, 6.07) is 3.66. The lowest BCUT2D eigenvalue weighted by Crippen LogP contribution is -2.28. The van der Waals surface area contributed by atoms with Gasteiger partial charge in [-0.2, -0.15) is 0 Å². The Labute approximate surface area is 96.8 Å². The highest BCUT2D eigenvalue weighted by atomic mass is 35.5. The van der Waals surface area contributed by atoms with Crippen molar-refractivity contribution in [1.29, 1.82) is 0 Å². The number of rotatable bonds is 3. The smallest absolute Gasteiger partial charge is 0.105 e. The van der Waals surface area contributed by atoms with Crippen molar-refractivity contribution in [2.75, 3.05) is 0 Å². The normalized spacial score (nSPS) is 13.0. The van der Waals surface area contributed by atoms with Crippen molar-refractivity contribution >= 4 is 22.9 Å². The zero-order valence-electron chi connectivity index (χ0n) is 8.16. The predicted octanol–water partition coefficient (Wildman–Crippen LogP) is 2.86. The molecule has 2 aromatic rings. The highest BCUT2D eigenvalue weighted by molar-refractivity contribution is 7.10. The summed E-state index contributed by atoms with van der Waals surface area (Å²) in [5, 5.41) is 2.67. The van der Waals surface area contributed by atoms with Crippen molar-refractivity contribution in [1.82, 2.24) is 5.43 Å². The van der Waals surface area contributed by atoms with Gasteiger partial charge in [0.25, 0.3) is 0 Å². The summed E-state index contributed by atoms with van der Waals surface area (Å²) in [4.78, 5) is 1.00. The SMILES string of the molecule is Cc1occc1C(NN)c1sccc1Cl. The molecule has 0 saturated carbocycles. The van der Waals surface area contributed by atoms with Crippen LogP contribution in [-0.4, -0.2) is 0 Å². The Hall–Kier alpha value is -0.810. The molecular formula is C10H11ClN2OS. The van der Waals surface area contributed by atoms with Gasteiger partial charge in [-0.15, -0.1) is 11.3 Å². The highest BCUT2D eigenvalue weighted by Gasteiger charge is 2.20. The number of halogens is 1. The van der Waals surface area contributed by atoms with Gasteiger partial charge in [-0.05, 0) is 24.4 Å². The van der Waals surface area contributed by atoms with E-state index >= 15 is 0 Å². The lowest BCUT2D eigenvalue weighted by molar-refractivity contribution is 0.521. The lowest BCUT2D eigenvalue weighted by Gasteiger charge is -2.13. The molecule has 0 aromatic carbocycles. The molecule has 15 heavy (non-hydrogen) atoms. The first-order valence-electron chi connectivity index (χ1n) is 4.47. The Morgan fingerprint density at radius 3 is 2.80 bits per heavy atom. The molecule has 2 heterocycles. The number of nitrogens with one attached hydrogen (secondary N) is 1. The van der Waals surface area contributed by atoms with Crippen LogP contribution in [0.4, 0.5) is 0 Å². The van der Waals surface area contributed by atoms with Gasteiger partial charge >= 0.3 is 0 Å². The maximum absolute atomic E-state index is 6.07. The summed E-state index contributed by atoms with van der Waals surface area (Å²) in [7, 11) is 0. The Kier molecular flexibility index (Phi) is 3.11. The minimum absolute atomic E-state index is 0.101. The maximum Gasteiger partial charge on any atom is 0.105 e. The van der Waals surface area contributed by atoms with Crippen LogP contribution in [-0.2, 0) is 0 Å². The third kappa shape index (κ3) is 1.94. The average molecular weight is 243 g/mol. The van der Waals surface area contributed by atoms with Crippen LogP contribution in [0.25, 0.3) is 0 Å². The number of nitrogens with two attached hydrogens (primary N) is 1. The van der Waals surface area contributed by atoms with Gasteiger partial charge < -0.3 is 4.42 Å².